The van der Waals surface area contributed by atoms with Crippen LogP contribution in [-0.2, 0) is 0 Å². The summed E-state index contributed by atoms with van der Waals surface area (Å²) in [5.41, 5.74) is 6.40. The normalized spacial score (nSPS) is 21.9. The molecule has 4 heteroatoms. The van der Waals surface area contributed by atoms with Crippen LogP contribution in [0.5, 0.6) is 0 Å². The maximum atomic E-state index is 13.7. The molecule has 1 aliphatic carbocycles. The van der Waals surface area contributed by atoms with Gasteiger partial charge in [0.25, 0.3) is 0 Å². The van der Waals surface area contributed by atoms with Crippen LogP contribution in [0.3, 0.4) is 0 Å². The fourth-order valence-corrected chi connectivity index (χ4v) is 3.04. The molecule has 0 amide bonds. The van der Waals surface area contributed by atoms with Gasteiger partial charge < -0.3 is 5.73 Å². The number of hydrogen-bond donors (Lipinski definition) is 1. The van der Waals surface area contributed by atoms with E-state index in [1.165, 1.54) is 25.0 Å². The van der Waals surface area contributed by atoms with Crippen molar-refractivity contribution in [2.75, 3.05) is 0 Å². The van der Waals surface area contributed by atoms with E-state index in [1.54, 1.807) is 0 Å². The average Bonchev–Trinajstić information content (AvgIpc) is 3.22. The van der Waals surface area contributed by atoms with Crippen LogP contribution in [0.2, 0.25) is 10.0 Å². The summed E-state index contributed by atoms with van der Waals surface area (Å²) >= 11 is 11.9. The smallest absolute Gasteiger partial charge is 0.129 e. The molecule has 0 aliphatic heterocycles. The minimum Gasteiger partial charge on any atom is -0.324 e. The summed E-state index contributed by atoms with van der Waals surface area (Å²) < 4.78 is 13.7. The molecular formula is C16H24Cl2FN. The van der Waals surface area contributed by atoms with Gasteiger partial charge in [-0.25, -0.2) is 4.39 Å². The van der Waals surface area contributed by atoms with Crippen LogP contribution in [-0.4, -0.2) is 0 Å². The van der Waals surface area contributed by atoms with Gasteiger partial charge in [0.05, 0.1) is 10.0 Å². The number of halogens is 3. The van der Waals surface area contributed by atoms with Gasteiger partial charge >= 0.3 is 0 Å². The third-order valence-corrected chi connectivity index (χ3v) is 4.71. The van der Waals surface area contributed by atoms with E-state index >= 15 is 0 Å². The summed E-state index contributed by atoms with van der Waals surface area (Å²) in [6.07, 6.45) is 4.32. The lowest BCUT2D eigenvalue weighted by molar-refractivity contribution is 0.518. The Morgan fingerprint density at radius 1 is 1.30 bits per heavy atom. The zero-order chi connectivity index (χ0) is 15.3. The molecule has 0 heterocycles. The molecule has 3 atom stereocenters. The highest BCUT2D eigenvalue weighted by atomic mass is 35.5. The van der Waals surface area contributed by atoms with E-state index in [-0.39, 0.29) is 16.9 Å². The molecule has 1 nitrogen and oxygen atoms in total. The van der Waals surface area contributed by atoms with Crippen LogP contribution < -0.4 is 5.73 Å². The van der Waals surface area contributed by atoms with Gasteiger partial charge in [0, 0.05) is 11.6 Å². The molecule has 1 saturated carbocycles. The monoisotopic (exact) mass is 319 g/mol. The van der Waals surface area contributed by atoms with Crippen molar-refractivity contribution in [3.8, 4) is 0 Å². The number of hydrogen-bond acceptors (Lipinski definition) is 1. The maximum Gasteiger partial charge on any atom is 0.129 e. The maximum absolute atomic E-state index is 13.7. The van der Waals surface area contributed by atoms with Crippen molar-refractivity contribution >= 4 is 23.2 Å². The van der Waals surface area contributed by atoms with Crippen molar-refractivity contribution in [1.82, 2.24) is 0 Å². The van der Waals surface area contributed by atoms with E-state index in [0.29, 0.717) is 10.6 Å². The lowest BCUT2D eigenvalue weighted by Gasteiger charge is -2.15. The zero-order valence-electron chi connectivity index (χ0n) is 12.4. The van der Waals surface area contributed by atoms with Gasteiger partial charge in [0.1, 0.15) is 5.82 Å². The molecule has 114 valence electrons. The van der Waals surface area contributed by atoms with Crippen LogP contribution >= 0.6 is 23.2 Å². The lowest BCUT2D eigenvalue weighted by Crippen LogP contribution is -2.13. The van der Waals surface area contributed by atoms with E-state index in [0.717, 1.165) is 24.7 Å². The summed E-state index contributed by atoms with van der Waals surface area (Å²) in [4.78, 5) is 0. The molecule has 0 aromatic heterocycles. The molecule has 0 radical (unpaired) electrons. The molecule has 0 saturated heterocycles. The summed E-state index contributed by atoms with van der Waals surface area (Å²) in [7, 11) is 0. The number of nitrogens with two attached hydrogens (primary N) is 1. The second kappa shape index (κ2) is 8.21. The average molecular weight is 320 g/mol. The highest BCUT2D eigenvalue weighted by Gasteiger charge is 2.35. The fourth-order valence-electron chi connectivity index (χ4n) is 2.58. The lowest BCUT2D eigenvalue weighted by atomic mass is 10.00. The van der Waals surface area contributed by atoms with Crippen LogP contribution in [0, 0.1) is 17.7 Å². The van der Waals surface area contributed by atoms with Crippen LogP contribution in [0.1, 0.15) is 58.1 Å². The standard InChI is InChI=1S/C14H18Cl2FN.C2H6/c1-2-8-7-9(8)3-6-12(18)13-11(17)5-4-10(15)14(13)16;1-2/h4-5,8-9,12H,2-3,6-7,18H2,1H3;1-2H3. The Morgan fingerprint density at radius 3 is 2.50 bits per heavy atom. The molecule has 3 unspecified atom stereocenters. The number of benzene rings is 1. The number of rotatable bonds is 5. The fraction of sp³-hybridized carbons (Fsp3) is 0.625. The largest absolute Gasteiger partial charge is 0.324 e. The van der Waals surface area contributed by atoms with Crippen molar-refractivity contribution in [2.45, 2.75) is 52.5 Å². The molecule has 2 N–H and O–H groups in total. The van der Waals surface area contributed by atoms with Gasteiger partial charge in [-0.05, 0) is 43.2 Å². The third-order valence-electron chi connectivity index (χ3n) is 3.89. The molecule has 0 spiro atoms. The van der Waals surface area contributed by atoms with Crippen LogP contribution in [0.4, 0.5) is 4.39 Å². The molecular weight excluding hydrogens is 296 g/mol. The van der Waals surface area contributed by atoms with Gasteiger partial charge in [-0.2, -0.15) is 0 Å². The highest BCUT2D eigenvalue weighted by molar-refractivity contribution is 6.42. The summed E-state index contributed by atoms with van der Waals surface area (Å²) in [5.74, 6) is 1.25. The minimum absolute atomic E-state index is 0.256. The van der Waals surface area contributed by atoms with Gasteiger partial charge in [-0.1, -0.05) is 50.4 Å². The van der Waals surface area contributed by atoms with E-state index < -0.39 is 0 Å². The minimum atomic E-state index is -0.366. The summed E-state index contributed by atoms with van der Waals surface area (Å²) in [6, 6.07) is 2.42. The van der Waals surface area contributed by atoms with E-state index in [2.05, 4.69) is 6.92 Å². The molecule has 20 heavy (non-hydrogen) atoms. The quantitative estimate of drug-likeness (QED) is 0.663. The van der Waals surface area contributed by atoms with Gasteiger partial charge in [-0.3, -0.25) is 0 Å². The Balaban J connectivity index is 0.000000956. The molecule has 1 aromatic rings. The Bertz CT molecular complexity index is 437. The summed E-state index contributed by atoms with van der Waals surface area (Å²) in [5, 5.41) is 0.619. The first kappa shape index (κ1) is 17.7. The Labute approximate surface area is 131 Å². The van der Waals surface area contributed by atoms with Crippen LogP contribution in [0.25, 0.3) is 0 Å². The van der Waals surface area contributed by atoms with Gasteiger partial charge in [0.2, 0.25) is 0 Å². The first-order valence-electron chi connectivity index (χ1n) is 7.43. The molecule has 2 rings (SSSR count). The first-order chi connectivity index (χ1) is 9.54. The van der Waals surface area contributed by atoms with Crippen molar-refractivity contribution < 1.29 is 4.39 Å². The zero-order valence-corrected chi connectivity index (χ0v) is 13.9. The topological polar surface area (TPSA) is 26.0 Å². The van der Waals surface area contributed by atoms with Crippen molar-refractivity contribution in [1.29, 1.82) is 0 Å². The summed E-state index contributed by atoms with van der Waals surface area (Å²) in [6.45, 7) is 6.21. The van der Waals surface area contributed by atoms with Crippen molar-refractivity contribution in [3.63, 3.8) is 0 Å². The van der Waals surface area contributed by atoms with Gasteiger partial charge in [0.15, 0.2) is 0 Å². The third kappa shape index (κ3) is 4.34. The second-order valence-electron chi connectivity index (χ2n) is 5.10. The second-order valence-corrected chi connectivity index (χ2v) is 5.89. The molecule has 1 aromatic carbocycles. The van der Waals surface area contributed by atoms with E-state index in [1.807, 2.05) is 13.8 Å². The Morgan fingerprint density at radius 2 is 1.95 bits per heavy atom. The Hall–Kier alpha value is -0.310. The van der Waals surface area contributed by atoms with Gasteiger partial charge in [-0.15, -0.1) is 0 Å². The molecule has 1 fully saturated rings. The molecule has 1 aliphatic rings. The van der Waals surface area contributed by atoms with E-state index in [4.69, 9.17) is 28.9 Å². The Kier molecular flexibility index (Phi) is 7.28. The highest BCUT2D eigenvalue weighted by Crippen LogP contribution is 2.45. The van der Waals surface area contributed by atoms with Crippen LogP contribution in [0.15, 0.2) is 12.1 Å². The predicted octanol–water partition coefficient (Wildman–Crippen LogP) is 5.98. The first-order valence-corrected chi connectivity index (χ1v) is 8.19. The SMILES string of the molecule is CC.CCC1CC1CCC(N)c1c(F)ccc(Cl)c1Cl. The van der Waals surface area contributed by atoms with Crippen molar-refractivity contribution in [3.05, 3.63) is 33.6 Å². The molecule has 0 bridgehead atoms. The van der Waals surface area contributed by atoms with Crippen molar-refractivity contribution in [2.24, 2.45) is 17.6 Å². The van der Waals surface area contributed by atoms with E-state index in [9.17, 15) is 4.39 Å². The predicted molar refractivity (Wildman–Crippen MR) is 85.8 cm³/mol.